The number of rotatable bonds is 1. The van der Waals surface area contributed by atoms with Crippen molar-refractivity contribution in [3.05, 3.63) is 23.9 Å². The van der Waals surface area contributed by atoms with Crippen LogP contribution in [-0.2, 0) is 9.59 Å². The maximum Gasteiger partial charge on any atom is 0.290 e. The molecule has 1 saturated heterocycles. The van der Waals surface area contributed by atoms with Crippen LogP contribution in [0.25, 0.3) is 0 Å². The van der Waals surface area contributed by atoms with Crippen LogP contribution in [0.4, 0.5) is 5.82 Å². The molecule has 0 saturated carbocycles. The molecule has 2 heterocycles. The van der Waals surface area contributed by atoms with E-state index < -0.39 is 0 Å². The van der Waals surface area contributed by atoms with Crippen molar-refractivity contribution in [2.45, 2.75) is 12.8 Å². The quantitative estimate of drug-likeness (QED) is 0.723. The zero-order valence-corrected chi connectivity index (χ0v) is 9.04. The number of anilines is 1. The van der Waals surface area contributed by atoms with Crippen molar-refractivity contribution >= 4 is 18.2 Å². The summed E-state index contributed by atoms with van der Waals surface area (Å²) in [5, 5.41) is 15.6. The second-order valence-electron chi connectivity index (χ2n) is 3.27. The molecule has 1 aromatic rings. The maximum absolute atomic E-state index is 11.4. The zero-order chi connectivity index (χ0) is 12.7. The zero-order valence-electron chi connectivity index (χ0n) is 9.04. The molecule has 1 fully saturated rings. The fraction of sp³-hybridized carbons (Fsp3) is 0.273. The molecule has 1 amide bonds. The number of hydrogen-bond donors (Lipinski definition) is 1. The molecule has 0 aromatic carbocycles. The van der Waals surface area contributed by atoms with E-state index in [9.17, 15) is 4.79 Å². The Morgan fingerprint density at radius 1 is 1.59 bits per heavy atom. The molecule has 88 valence electrons. The largest absolute Gasteiger partial charge is 0.483 e. The summed E-state index contributed by atoms with van der Waals surface area (Å²) < 4.78 is 0. The Labute approximate surface area is 98.1 Å². The molecule has 17 heavy (non-hydrogen) atoms. The number of aromatic nitrogens is 1. The van der Waals surface area contributed by atoms with Gasteiger partial charge in [-0.3, -0.25) is 14.5 Å². The van der Waals surface area contributed by atoms with Crippen LogP contribution in [-0.4, -0.2) is 29.0 Å². The normalized spacial score (nSPS) is 13.6. The second-order valence-corrected chi connectivity index (χ2v) is 3.27. The summed E-state index contributed by atoms with van der Waals surface area (Å²) in [6.07, 6.45) is 3.01. The van der Waals surface area contributed by atoms with Crippen LogP contribution < -0.4 is 4.90 Å². The van der Waals surface area contributed by atoms with Gasteiger partial charge in [-0.15, -0.1) is 0 Å². The van der Waals surface area contributed by atoms with Gasteiger partial charge in [-0.25, -0.2) is 4.98 Å². The molecule has 1 N–H and O–H groups in total. The highest BCUT2D eigenvalue weighted by Crippen LogP contribution is 2.19. The van der Waals surface area contributed by atoms with Gasteiger partial charge in [0.2, 0.25) is 5.91 Å². The van der Waals surface area contributed by atoms with Crippen molar-refractivity contribution in [3.63, 3.8) is 0 Å². The van der Waals surface area contributed by atoms with Crippen LogP contribution in [0.2, 0.25) is 0 Å². The number of hydrogen-bond acceptors (Lipinski definition) is 4. The highest BCUT2D eigenvalue weighted by Gasteiger charge is 2.22. The number of nitrogens with zero attached hydrogens (tertiary/aromatic N) is 3. The van der Waals surface area contributed by atoms with Gasteiger partial charge in [-0.1, -0.05) is 0 Å². The Kier molecular flexibility index (Phi) is 4.63. The number of carbonyl (C=O) groups excluding carboxylic acids is 1. The Balaban J connectivity index is 0.000000437. The first kappa shape index (κ1) is 12.6. The molecule has 1 aromatic heterocycles. The lowest BCUT2D eigenvalue weighted by Crippen LogP contribution is -2.24. The van der Waals surface area contributed by atoms with Crippen LogP contribution >= 0.6 is 0 Å². The van der Waals surface area contributed by atoms with Crippen LogP contribution in [0.3, 0.4) is 0 Å². The van der Waals surface area contributed by atoms with Gasteiger partial charge in [0, 0.05) is 19.2 Å². The lowest BCUT2D eigenvalue weighted by Gasteiger charge is -2.13. The Morgan fingerprint density at radius 3 is 2.82 bits per heavy atom. The number of pyridine rings is 1. The van der Waals surface area contributed by atoms with Crippen LogP contribution in [0.5, 0.6) is 0 Å². The molecule has 0 aliphatic carbocycles. The topological polar surface area (TPSA) is 94.3 Å². The molecule has 0 spiro atoms. The van der Waals surface area contributed by atoms with Crippen molar-refractivity contribution in [1.82, 2.24) is 4.98 Å². The third-order valence-electron chi connectivity index (χ3n) is 2.22. The van der Waals surface area contributed by atoms with E-state index in [1.807, 2.05) is 6.07 Å². The number of amides is 1. The first-order valence-corrected chi connectivity index (χ1v) is 4.97. The lowest BCUT2D eigenvalue weighted by molar-refractivity contribution is -0.123. The Bertz CT molecular complexity index is 454. The van der Waals surface area contributed by atoms with E-state index in [2.05, 4.69) is 4.98 Å². The van der Waals surface area contributed by atoms with Crippen LogP contribution in [0.15, 0.2) is 18.3 Å². The van der Waals surface area contributed by atoms with E-state index in [0.29, 0.717) is 24.3 Å². The van der Waals surface area contributed by atoms with E-state index in [4.69, 9.17) is 15.2 Å². The van der Waals surface area contributed by atoms with Crippen molar-refractivity contribution in [2.24, 2.45) is 0 Å². The third-order valence-corrected chi connectivity index (χ3v) is 2.22. The molecule has 6 nitrogen and oxygen atoms in total. The first-order valence-electron chi connectivity index (χ1n) is 4.97. The monoisotopic (exact) mass is 233 g/mol. The predicted octanol–water partition coefficient (Wildman–Crippen LogP) is 0.781. The summed E-state index contributed by atoms with van der Waals surface area (Å²) in [7, 11) is 0. The summed E-state index contributed by atoms with van der Waals surface area (Å²) >= 11 is 0. The second kappa shape index (κ2) is 6.23. The van der Waals surface area contributed by atoms with E-state index in [-0.39, 0.29) is 12.4 Å². The van der Waals surface area contributed by atoms with Gasteiger partial charge in [0.1, 0.15) is 5.82 Å². The van der Waals surface area contributed by atoms with Gasteiger partial charge in [0.15, 0.2) is 0 Å². The molecular weight excluding hydrogens is 222 g/mol. The summed E-state index contributed by atoms with van der Waals surface area (Å²) in [5.74, 6) is 0.680. The van der Waals surface area contributed by atoms with Gasteiger partial charge in [-0.2, -0.15) is 5.26 Å². The van der Waals surface area contributed by atoms with E-state index in [1.54, 1.807) is 23.2 Å². The highest BCUT2D eigenvalue weighted by molar-refractivity contribution is 5.94. The molecular formula is C11H11N3O3. The molecule has 1 aliphatic heterocycles. The molecule has 0 atom stereocenters. The Hall–Kier alpha value is -2.42. The summed E-state index contributed by atoms with van der Waals surface area (Å²) in [6.45, 7) is 0.459. The minimum Gasteiger partial charge on any atom is -0.483 e. The molecule has 1 aliphatic rings. The van der Waals surface area contributed by atoms with Crippen LogP contribution in [0, 0.1) is 11.3 Å². The number of carbonyl (C=O) groups is 2. The molecule has 2 rings (SSSR count). The standard InChI is InChI=1S/C10H9N3O.CH2O2/c11-7-8-3-4-12-9(6-8)13-5-1-2-10(13)14;2-1-3/h3-4,6H,1-2,5H2;1H,(H,2,3). The third kappa shape index (κ3) is 3.28. The summed E-state index contributed by atoms with van der Waals surface area (Å²) in [6, 6.07) is 5.30. The maximum atomic E-state index is 11.4. The predicted molar refractivity (Wildman–Crippen MR) is 59.2 cm³/mol. The van der Waals surface area contributed by atoms with Crippen LogP contribution in [0.1, 0.15) is 18.4 Å². The Morgan fingerprint density at radius 2 is 2.29 bits per heavy atom. The fourth-order valence-corrected chi connectivity index (χ4v) is 1.53. The minimum atomic E-state index is -0.250. The van der Waals surface area contributed by atoms with Crippen molar-refractivity contribution < 1.29 is 14.7 Å². The SMILES string of the molecule is N#Cc1ccnc(N2CCCC2=O)c1.O=CO. The van der Waals surface area contributed by atoms with E-state index in [1.165, 1.54) is 0 Å². The van der Waals surface area contributed by atoms with Crippen molar-refractivity contribution in [1.29, 1.82) is 5.26 Å². The van der Waals surface area contributed by atoms with E-state index in [0.717, 1.165) is 6.42 Å². The van der Waals surface area contributed by atoms with Gasteiger partial charge in [0.05, 0.1) is 11.6 Å². The summed E-state index contributed by atoms with van der Waals surface area (Å²) in [5.41, 5.74) is 0.537. The average molecular weight is 233 g/mol. The number of carboxylic acid groups (broad SMARTS) is 1. The van der Waals surface area contributed by atoms with E-state index >= 15 is 0 Å². The van der Waals surface area contributed by atoms with Gasteiger partial charge >= 0.3 is 0 Å². The molecule has 6 heteroatoms. The molecule has 0 bridgehead atoms. The van der Waals surface area contributed by atoms with Crippen molar-refractivity contribution in [3.8, 4) is 6.07 Å². The average Bonchev–Trinajstić information content (AvgIpc) is 2.77. The number of nitriles is 1. The van der Waals surface area contributed by atoms with Gasteiger partial charge in [-0.05, 0) is 18.6 Å². The molecule has 0 radical (unpaired) electrons. The van der Waals surface area contributed by atoms with Gasteiger partial charge < -0.3 is 5.11 Å². The first-order chi connectivity index (χ1) is 8.22. The van der Waals surface area contributed by atoms with Crippen molar-refractivity contribution in [2.75, 3.05) is 11.4 Å². The summed E-state index contributed by atoms with van der Waals surface area (Å²) in [4.78, 5) is 25.4. The minimum absolute atomic E-state index is 0.0904. The molecule has 0 unspecified atom stereocenters. The smallest absolute Gasteiger partial charge is 0.290 e. The lowest BCUT2D eigenvalue weighted by atomic mass is 10.3. The fourth-order valence-electron chi connectivity index (χ4n) is 1.53. The highest BCUT2D eigenvalue weighted by atomic mass is 16.3. The van der Waals surface area contributed by atoms with Gasteiger partial charge in [0.25, 0.3) is 6.47 Å².